The molecule has 2 atom stereocenters. The average molecular weight is 257 g/mol. The third kappa shape index (κ3) is 4.28. The van der Waals surface area contributed by atoms with Crippen molar-refractivity contribution in [1.29, 1.82) is 0 Å². The van der Waals surface area contributed by atoms with E-state index in [1.807, 2.05) is 24.3 Å². The molecule has 1 aromatic carbocycles. The number of benzene rings is 1. The molecule has 0 fully saturated rings. The van der Waals surface area contributed by atoms with Gasteiger partial charge < -0.3 is 10.5 Å². The molecule has 0 spiro atoms. The SMILES string of the molecule is COC(CN)CN(C)C(C)c1ccc(Cl)cc1. The first-order chi connectivity index (χ1) is 8.08. The van der Waals surface area contributed by atoms with Crippen LogP contribution < -0.4 is 5.73 Å². The molecule has 0 saturated carbocycles. The molecule has 0 heterocycles. The number of rotatable bonds is 6. The summed E-state index contributed by atoms with van der Waals surface area (Å²) < 4.78 is 5.29. The van der Waals surface area contributed by atoms with E-state index in [0.717, 1.165) is 11.6 Å². The van der Waals surface area contributed by atoms with Crippen molar-refractivity contribution in [1.82, 2.24) is 4.90 Å². The van der Waals surface area contributed by atoms with E-state index in [4.69, 9.17) is 22.1 Å². The molecule has 0 bridgehead atoms. The van der Waals surface area contributed by atoms with Gasteiger partial charge in [0, 0.05) is 31.3 Å². The number of methoxy groups -OCH3 is 1. The summed E-state index contributed by atoms with van der Waals surface area (Å²) in [6.45, 7) is 3.51. The molecule has 0 amide bonds. The van der Waals surface area contributed by atoms with Crippen molar-refractivity contribution in [2.24, 2.45) is 5.73 Å². The first kappa shape index (κ1) is 14.5. The highest BCUT2D eigenvalue weighted by atomic mass is 35.5. The highest BCUT2D eigenvalue weighted by Crippen LogP contribution is 2.20. The van der Waals surface area contributed by atoms with Gasteiger partial charge in [0.2, 0.25) is 0 Å². The second-order valence-electron chi connectivity index (χ2n) is 4.26. The van der Waals surface area contributed by atoms with Gasteiger partial charge in [-0.3, -0.25) is 4.90 Å². The number of likely N-dealkylation sites (N-methyl/N-ethyl adjacent to an activating group) is 1. The Bertz CT molecular complexity index is 325. The van der Waals surface area contributed by atoms with E-state index in [9.17, 15) is 0 Å². The summed E-state index contributed by atoms with van der Waals surface area (Å²) in [5.74, 6) is 0. The molecular formula is C13H21ClN2O. The Morgan fingerprint density at radius 1 is 1.35 bits per heavy atom. The number of nitrogens with two attached hydrogens (primary N) is 1. The maximum Gasteiger partial charge on any atom is 0.0820 e. The molecule has 0 aliphatic carbocycles. The van der Waals surface area contributed by atoms with E-state index >= 15 is 0 Å². The van der Waals surface area contributed by atoms with Crippen molar-refractivity contribution >= 4 is 11.6 Å². The van der Waals surface area contributed by atoms with Gasteiger partial charge in [0.1, 0.15) is 0 Å². The molecule has 0 aliphatic heterocycles. The Labute approximate surface area is 109 Å². The Balaban J connectivity index is 2.62. The fraction of sp³-hybridized carbons (Fsp3) is 0.538. The van der Waals surface area contributed by atoms with Crippen molar-refractivity contribution < 1.29 is 4.74 Å². The molecule has 1 aromatic rings. The van der Waals surface area contributed by atoms with Gasteiger partial charge in [-0.2, -0.15) is 0 Å². The largest absolute Gasteiger partial charge is 0.379 e. The lowest BCUT2D eigenvalue weighted by atomic mass is 10.1. The van der Waals surface area contributed by atoms with Crippen LogP contribution in [0.3, 0.4) is 0 Å². The quantitative estimate of drug-likeness (QED) is 0.849. The zero-order valence-corrected chi connectivity index (χ0v) is 11.4. The molecule has 4 heteroatoms. The van der Waals surface area contributed by atoms with E-state index < -0.39 is 0 Å². The number of ether oxygens (including phenoxy) is 1. The highest BCUT2D eigenvalue weighted by Gasteiger charge is 2.15. The lowest BCUT2D eigenvalue weighted by Crippen LogP contribution is -2.36. The summed E-state index contributed by atoms with van der Waals surface area (Å²) in [6.07, 6.45) is 0.0785. The van der Waals surface area contributed by atoms with E-state index in [1.54, 1.807) is 7.11 Å². The van der Waals surface area contributed by atoms with Crippen LogP contribution in [0.1, 0.15) is 18.5 Å². The predicted molar refractivity (Wildman–Crippen MR) is 72.3 cm³/mol. The molecular weight excluding hydrogens is 236 g/mol. The Hall–Kier alpha value is -0.610. The molecule has 17 heavy (non-hydrogen) atoms. The third-order valence-corrected chi connectivity index (χ3v) is 3.35. The second kappa shape index (κ2) is 6.97. The smallest absolute Gasteiger partial charge is 0.0820 e. The minimum atomic E-state index is 0.0785. The van der Waals surface area contributed by atoms with Crippen molar-refractivity contribution in [3.63, 3.8) is 0 Å². The topological polar surface area (TPSA) is 38.5 Å². The maximum absolute atomic E-state index is 5.88. The van der Waals surface area contributed by atoms with Gasteiger partial charge in [-0.15, -0.1) is 0 Å². The number of halogens is 1. The number of hydrogen-bond donors (Lipinski definition) is 1. The van der Waals surface area contributed by atoms with E-state index in [-0.39, 0.29) is 6.10 Å². The normalized spacial score (nSPS) is 14.9. The fourth-order valence-electron chi connectivity index (χ4n) is 1.72. The molecule has 96 valence electrons. The molecule has 0 saturated heterocycles. The van der Waals surface area contributed by atoms with Crippen LogP contribution in [-0.2, 0) is 4.74 Å². The van der Waals surface area contributed by atoms with Crippen molar-refractivity contribution in [3.8, 4) is 0 Å². The van der Waals surface area contributed by atoms with Gasteiger partial charge in [-0.25, -0.2) is 0 Å². The van der Waals surface area contributed by atoms with Crippen molar-refractivity contribution in [2.75, 3.05) is 27.2 Å². The number of hydrogen-bond acceptors (Lipinski definition) is 3. The Morgan fingerprint density at radius 3 is 2.41 bits per heavy atom. The summed E-state index contributed by atoms with van der Waals surface area (Å²) in [4.78, 5) is 2.23. The lowest BCUT2D eigenvalue weighted by molar-refractivity contribution is 0.0670. The lowest BCUT2D eigenvalue weighted by Gasteiger charge is -2.28. The minimum Gasteiger partial charge on any atom is -0.379 e. The molecule has 2 N–H and O–H groups in total. The minimum absolute atomic E-state index is 0.0785. The van der Waals surface area contributed by atoms with Crippen LogP contribution in [0.15, 0.2) is 24.3 Å². The Morgan fingerprint density at radius 2 is 1.94 bits per heavy atom. The fourth-order valence-corrected chi connectivity index (χ4v) is 1.85. The summed E-state index contributed by atoms with van der Waals surface area (Å²) >= 11 is 5.88. The third-order valence-electron chi connectivity index (χ3n) is 3.10. The monoisotopic (exact) mass is 256 g/mol. The molecule has 0 radical (unpaired) electrons. The van der Waals surface area contributed by atoms with E-state index in [0.29, 0.717) is 12.6 Å². The zero-order valence-electron chi connectivity index (χ0n) is 10.7. The highest BCUT2D eigenvalue weighted by molar-refractivity contribution is 6.30. The average Bonchev–Trinajstić information content (AvgIpc) is 2.35. The van der Waals surface area contributed by atoms with E-state index in [1.165, 1.54) is 5.56 Å². The van der Waals surface area contributed by atoms with E-state index in [2.05, 4.69) is 18.9 Å². The van der Waals surface area contributed by atoms with Gasteiger partial charge in [0.15, 0.2) is 0 Å². The van der Waals surface area contributed by atoms with Gasteiger partial charge >= 0.3 is 0 Å². The molecule has 0 aliphatic rings. The molecule has 3 nitrogen and oxygen atoms in total. The maximum atomic E-state index is 5.88. The summed E-state index contributed by atoms with van der Waals surface area (Å²) in [7, 11) is 3.76. The first-order valence-corrected chi connectivity index (χ1v) is 6.14. The summed E-state index contributed by atoms with van der Waals surface area (Å²) in [5, 5.41) is 0.764. The van der Waals surface area contributed by atoms with Crippen LogP contribution in [0.2, 0.25) is 5.02 Å². The zero-order chi connectivity index (χ0) is 12.8. The van der Waals surface area contributed by atoms with Crippen LogP contribution in [0, 0.1) is 0 Å². The molecule has 0 aromatic heterocycles. The molecule has 2 unspecified atom stereocenters. The van der Waals surface area contributed by atoms with Crippen LogP contribution in [0.25, 0.3) is 0 Å². The van der Waals surface area contributed by atoms with Gasteiger partial charge in [0.05, 0.1) is 6.10 Å². The van der Waals surface area contributed by atoms with Crippen LogP contribution in [0.5, 0.6) is 0 Å². The van der Waals surface area contributed by atoms with Crippen LogP contribution in [0.4, 0.5) is 0 Å². The standard InChI is InChI=1S/C13H21ClN2O/c1-10(11-4-6-12(14)7-5-11)16(2)9-13(8-15)17-3/h4-7,10,13H,8-9,15H2,1-3H3. The van der Waals surface area contributed by atoms with Crippen molar-refractivity contribution in [3.05, 3.63) is 34.9 Å². The first-order valence-electron chi connectivity index (χ1n) is 5.77. The van der Waals surface area contributed by atoms with Crippen molar-refractivity contribution in [2.45, 2.75) is 19.1 Å². The van der Waals surface area contributed by atoms with Crippen LogP contribution in [-0.4, -0.2) is 38.3 Å². The summed E-state index contributed by atoms with van der Waals surface area (Å²) in [5.41, 5.74) is 6.86. The van der Waals surface area contributed by atoms with Gasteiger partial charge in [-0.1, -0.05) is 23.7 Å². The Kier molecular flexibility index (Phi) is 5.92. The number of nitrogens with zero attached hydrogens (tertiary/aromatic N) is 1. The van der Waals surface area contributed by atoms with Gasteiger partial charge in [-0.05, 0) is 31.7 Å². The molecule has 1 rings (SSSR count). The predicted octanol–water partition coefficient (Wildman–Crippen LogP) is 2.31. The second-order valence-corrected chi connectivity index (χ2v) is 4.70. The van der Waals surface area contributed by atoms with Crippen LogP contribution >= 0.6 is 11.6 Å². The summed E-state index contributed by atoms with van der Waals surface area (Å²) in [6, 6.07) is 8.24. The van der Waals surface area contributed by atoms with Gasteiger partial charge in [0.25, 0.3) is 0 Å².